The van der Waals surface area contributed by atoms with E-state index in [1.54, 1.807) is 18.5 Å². The molecule has 1 aliphatic rings. The fraction of sp³-hybridized carbons (Fsp3) is 0.261. The molecule has 2 heterocycles. The number of nitrogens with zero attached hydrogens (tertiary/aromatic N) is 3. The highest BCUT2D eigenvalue weighted by molar-refractivity contribution is 7.99. The van der Waals surface area contributed by atoms with E-state index in [0.717, 1.165) is 33.9 Å². The fourth-order valence-corrected chi connectivity index (χ4v) is 4.62. The number of hydrogen-bond acceptors (Lipinski definition) is 6. The zero-order valence-electron chi connectivity index (χ0n) is 17.2. The zero-order chi connectivity index (χ0) is 21.6. The fourth-order valence-electron chi connectivity index (χ4n) is 3.64. The lowest BCUT2D eigenvalue weighted by atomic mass is 10.1. The first kappa shape index (κ1) is 24.0. The lowest BCUT2D eigenvalue weighted by Crippen LogP contribution is -2.38. The van der Waals surface area contributed by atoms with Gasteiger partial charge in [-0.05, 0) is 55.3 Å². The van der Waals surface area contributed by atoms with Crippen LogP contribution < -0.4 is 4.74 Å². The maximum atomic E-state index is 13.7. The van der Waals surface area contributed by atoms with Crippen molar-refractivity contribution in [3.05, 3.63) is 67.0 Å². The Morgan fingerprint density at radius 2 is 2.00 bits per heavy atom. The van der Waals surface area contributed by atoms with Crippen LogP contribution in [0.15, 0.2) is 71.0 Å². The van der Waals surface area contributed by atoms with Crippen molar-refractivity contribution in [2.24, 2.45) is 0 Å². The molecule has 1 aliphatic heterocycles. The van der Waals surface area contributed by atoms with Crippen LogP contribution in [0, 0.1) is 5.82 Å². The minimum atomic E-state index is -0.783. The van der Waals surface area contributed by atoms with Crippen LogP contribution in [0.1, 0.15) is 12.8 Å². The number of likely N-dealkylation sites (tertiary alicyclic amines) is 1. The number of carboxylic acids is 1. The summed E-state index contributed by atoms with van der Waals surface area (Å²) in [4.78, 5) is 23.1. The van der Waals surface area contributed by atoms with E-state index in [1.165, 1.54) is 30.2 Å². The second-order valence-corrected chi connectivity index (χ2v) is 8.34. The van der Waals surface area contributed by atoms with Gasteiger partial charge in [-0.1, -0.05) is 23.9 Å². The van der Waals surface area contributed by atoms with Crippen molar-refractivity contribution >= 4 is 30.1 Å². The van der Waals surface area contributed by atoms with Gasteiger partial charge in [0.15, 0.2) is 0 Å². The summed E-state index contributed by atoms with van der Waals surface area (Å²) in [6.45, 7) is 1.67. The molecule has 0 unspecified atom stereocenters. The molecule has 32 heavy (non-hydrogen) atoms. The van der Waals surface area contributed by atoms with Crippen LogP contribution in [0.2, 0.25) is 0 Å². The highest BCUT2D eigenvalue weighted by Crippen LogP contribution is 2.38. The minimum absolute atomic E-state index is 0. The van der Waals surface area contributed by atoms with Gasteiger partial charge in [0.1, 0.15) is 30.5 Å². The van der Waals surface area contributed by atoms with Crippen LogP contribution in [-0.4, -0.2) is 51.7 Å². The molecule has 0 aliphatic carbocycles. The Balaban J connectivity index is 0.00000289. The second kappa shape index (κ2) is 11.3. The third-order valence-electron chi connectivity index (χ3n) is 5.15. The molecular weight excluding hydrogens is 453 g/mol. The second-order valence-electron chi connectivity index (χ2n) is 7.23. The number of aromatic nitrogens is 2. The maximum absolute atomic E-state index is 13.7. The third kappa shape index (κ3) is 5.97. The molecule has 3 aromatic rings. The van der Waals surface area contributed by atoms with Gasteiger partial charge >= 0.3 is 5.97 Å². The Labute approximate surface area is 196 Å². The minimum Gasteiger partial charge on any atom is -0.491 e. The molecule has 1 fully saturated rings. The molecule has 1 saturated heterocycles. The summed E-state index contributed by atoms with van der Waals surface area (Å²) in [5, 5.41) is 9.34. The molecule has 1 N–H and O–H groups in total. The van der Waals surface area contributed by atoms with E-state index in [1.807, 2.05) is 29.2 Å². The Morgan fingerprint density at radius 3 is 2.75 bits per heavy atom. The summed E-state index contributed by atoms with van der Waals surface area (Å²) in [6, 6.07) is 11.7. The van der Waals surface area contributed by atoms with Gasteiger partial charge in [0.05, 0.1) is 4.90 Å². The van der Waals surface area contributed by atoms with Crippen LogP contribution >= 0.6 is 24.2 Å². The van der Waals surface area contributed by atoms with Crippen molar-refractivity contribution in [3.8, 4) is 16.9 Å². The predicted molar refractivity (Wildman–Crippen MR) is 123 cm³/mol. The monoisotopic (exact) mass is 475 g/mol. The van der Waals surface area contributed by atoms with Gasteiger partial charge in [0, 0.05) is 29.4 Å². The topological polar surface area (TPSA) is 75.5 Å². The maximum Gasteiger partial charge on any atom is 0.320 e. The standard InChI is InChI=1S/C23H22FN3O3S.ClH/c24-18-3-1-4-19(12-18)31-22-11-16(17-13-25-15-26-14-17)6-7-21(22)30-10-9-27-8-2-5-20(27)23(28)29;/h1,3-4,6-7,11-15,20H,2,5,8-10H2,(H,28,29);1H/t20-;/m0./s1. The molecule has 2 aromatic carbocycles. The summed E-state index contributed by atoms with van der Waals surface area (Å²) in [5.74, 6) is -0.413. The van der Waals surface area contributed by atoms with Gasteiger partial charge in [-0.3, -0.25) is 9.69 Å². The first-order chi connectivity index (χ1) is 15.1. The van der Waals surface area contributed by atoms with E-state index in [0.29, 0.717) is 25.3 Å². The molecule has 1 aromatic heterocycles. The molecule has 0 amide bonds. The number of carbonyl (C=O) groups is 1. The number of hydrogen-bond donors (Lipinski definition) is 1. The Kier molecular flexibility index (Phi) is 8.44. The van der Waals surface area contributed by atoms with E-state index in [-0.39, 0.29) is 18.2 Å². The Bertz CT molecular complexity index is 1060. The quantitative estimate of drug-likeness (QED) is 0.502. The third-order valence-corrected chi connectivity index (χ3v) is 6.17. The van der Waals surface area contributed by atoms with Crippen molar-refractivity contribution in [1.29, 1.82) is 0 Å². The van der Waals surface area contributed by atoms with Crippen molar-refractivity contribution in [1.82, 2.24) is 14.9 Å². The van der Waals surface area contributed by atoms with E-state index in [9.17, 15) is 14.3 Å². The number of halogens is 2. The summed E-state index contributed by atoms with van der Waals surface area (Å²) in [6.07, 6.45) is 6.50. The molecule has 0 spiro atoms. The van der Waals surface area contributed by atoms with Crippen LogP contribution in [-0.2, 0) is 4.79 Å². The summed E-state index contributed by atoms with van der Waals surface area (Å²) < 4.78 is 19.7. The normalized spacial score (nSPS) is 15.8. The highest BCUT2D eigenvalue weighted by atomic mass is 35.5. The number of aliphatic carboxylic acids is 1. The molecule has 0 saturated carbocycles. The lowest BCUT2D eigenvalue weighted by Gasteiger charge is -2.21. The summed E-state index contributed by atoms with van der Waals surface area (Å²) in [7, 11) is 0. The molecular formula is C23H23ClFN3O3S. The van der Waals surface area contributed by atoms with Gasteiger partial charge < -0.3 is 9.84 Å². The number of rotatable bonds is 8. The van der Waals surface area contributed by atoms with Crippen LogP contribution in [0.5, 0.6) is 5.75 Å². The molecule has 0 radical (unpaired) electrons. The number of ether oxygens (including phenoxy) is 1. The molecule has 0 bridgehead atoms. The van der Waals surface area contributed by atoms with Gasteiger partial charge in [-0.25, -0.2) is 14.4 Å². The molecule has 6 nitrogen and oxygen atoms in total. The summed E-state index contributed by atoms with van der Waals surface area (Å²) in [5.41, 5.74) is 1.80. The van der Waals surface area contributed by atoms with Crippen LogP contribution in [0.4, 0.5) is 4.39 Å². The Hall–Kier alpha value is -2.68. The predicted octanol–water partition coefficient (Wildman–Crippen LogP) is 4.78. The molecule has 9 heteroatoms. The van der Waals surface area contributed by atoms with Gasteiger partial charge in [-0.15, -0.1) is 12.4 Å². The van der Waals surface area contributed by atoms with E-state index in [2.05, 4.69) is 9.97 Å². The van der Waals surface area contributed by atoms with Crippen molar-refractivity contribution in [3.63, 3.8) is 0 Å². The van der Waals surface area contributed by atoms with Crippen molar-refractivity contribution in [2.45, 2.75) is 28.7 Å². The first-order valence-corrected chi connectivity index (χ1v) is 10.8. The Morgan fingerprint density at radius 1 is 1.19 bits per heavy atom. The number of benzene rings is 2. The first-order valence-electron chi connectivity index (χ1n) is 10.0. The van der Waals surface area contributed by atoms with Crippen LogP contribution in [0.3, 0.4) is 0 Å². The van der Waals surface area contributed by atoms with Crippen LogP contribution in [0.25, 0.3) is 11.1 Å². The summed E-state index contributed by atoms with van der Waals surface area (Å²) >= 11 is 1.41. The lowest BCUT2D eigenvalue weighted by molar-refractivity contribution is -0.142. The van der Waals surface area contributed by atoms with Gasteiger partial charge in [-0.2, -0.15) is 0 Å². The average molecular weight is 476 g/mol. The largest absolute Gasteiger partial charge is 0.491 e. The van der Waals surface area contributed by atoms with Crippen molar-refractivity contribution < 1.29 is 19.0 Å². The smallest absolute Gasteiger partial charge is 0.320 e. The van der Waals surface area contributed by atoms with Gasteiger partial charge in [0.2, 0.25) is 0 Å². The average Bonchev–Trinajstić information content (AvgIpc) is 3.24. The highest BCUT2D eigenvalue weighted by Gasteiger charge is 2.30. The van der Waals surface area contributed by atoms with Gasteiger partial charge in [0.25, 0.3) is 0 Å². The van der Waals surface area contributed by atoms with Crippen molar-refractivity contribution in [2.75, 3.05) is 19.7 Å². The molecule has 1 atom stereocenters. The SMILES string of the molecule is Cl.O=C(O)[C@@H]1CCCN1CCOc1ccc(-c2cncnc2)cc1Sc1cccc(F)c1. The van der Waals surface area contributed by atoms with E-state index < -0.39 is 12.0 Å². The number of carboxylic acid groups (broad SMARTS) is 1. The molecule has 168 valence electrons. The zero-order valence-corrected chi connectivity index (χ0v) is 18.8. The molecule has 4 rings (SSSR count). The van der Waals surface area contributed by atoms with E-state index >= 15 is 0 Å². The van der Waals surface area contributed by atoms with E-state index in [4.69, 9.17) is 4.74 Å².